The lowest BCUT2D eigenvalue weighted by molar-refractivity contribution is 0.245. The van der Waals surface area contributed by atoms with Crippen molar-refractivity contribution < 1.29 is 0 Å². The maximum absolute atomic E-state index is 4.24. The van der Waals surface area contributed by atoms with Crippen LogP contribution in [0.5, 0.6) is 0 Å². The number of benzene rings is 1. The Morgan fingerprint density at radius 2 is 2.00 bits per heavy atom. The van der Waals surface area contributed by atoms with Crippen LogP contribution in [0.15, 0.2) is 42.7 Å². The third kappa shape index (κ3) is 4.16. The van der Waals surface area contributed by atoms with E-state index in [0.29, 0.717) is 0 Å². The molecular formula is C17H26N4. The summed E-state index contributed by atoms with van der Waals surface area (Å²) < 4.78 is 1.85. The number of hydrogen-bond acceptors (Lipinski definition) is 3. The molecule has 21 heavy (non-hydrogen) atoms. The van der Waals surface area contributed by atoms with Crippen molar-refractivity contribution in [3.8, 4) is 0 Å². The van der Waals surface area contributed by atoms with Gasteiger partial charge in [0.15, 0.2) is 0 Å². The summed E-state index contributed by atoms with van der Waals surface area (Å²) in [5.74, 6) is 0. The lowest BCUT2D eigenvalue weighted by Crippen LogP contribution is -2.43. The Hall–Kier alpha value is -1.65. The van der Waals surface area contributed by atoms with E-state index in [1.165, 1.54) is 11.1 Å². The minimum atomic E-state index is 0.0902. The van der Waals surface area contributed by atoms with Crippen molar-refractivity contribution >= 4 is 0 Å². The highest BCUT2D eigenvalue weighted by molar-refractivity contribution is 5.25. The summed E-state index contributed by atoms with van der Waals surface area (Å²) in [6.45, 7) is 5.18. The molecular weight excluding hydrogens is 260 g/mol. The van der Waals surface area contributed by atoms with Gasteiger partial charge in [-0.25, -0.2) is 0 Å². The maximum atomic E-state index is 4.24. The van der Waals surface area contributed by atoms with Gasteiger partial charge in [-0.05, 0) is 19.7 Å². The zero-order valence-electron chi connectivity index (χ0n) is 13.5. The van der Waals surface area contributed by atoms with Crippen LogP contribution in [0.4, 0.5) is 0 Å². The average molecular weight is 286 g/mol. The molecule has 2 rings (SSSR count). The SMILES string of the molecule is CNCC(C)(CN(C)Cc1cnn(C)c1)c1ccccc1. The molecule has 0 aliphatic rings. The Bertz CT molecular complexity index is 549. The fourth-order valence-corrected chi connectivity index (χ4v) is 3.00. The number of aryl methyl sites for hydroxylation is 1. The van der Waals surface area contributed by atoms with Crippen molar-refractivity contribution in [1.82, 2.24) is 20.0 Å². The van der Waals surface area contributed by atoms with Crippen LogP contribution in [0.2, 0.25) is 0 Å². The Kier molecular flexibility index (Phi) is 5.15. The summed E-state index contributed by atoms with van der Waals surface area (Å²) in [7, 11) is 6.14. The molecule has 0 saturated heterocycles. The molecule has 4 nitrogen and oxygen atoms in total. The number of nitrogens with one attached hydrogen (secondary N) is 1. The highest BCUT2D eigenvalue weighted by atomic mass is 15.2. The van der Waals surface area contributed by atoms with E-state index in [2.05, 4.69) is 65.8 Å². The topological polar surface area (TPSA) is 33.1 Å². The average Bonchev–Trinajstić information content (AvgIpc) is 2.85. The molecule has 0 aliphatic carbocycles. The Morgan fingerprint density at radius 3 is 2.57 bits per heavy atom. The van der Waals surface area contributed by atoms with Crippen LogP contribution in [-0.2, 0) is 19.0 Å². The Morgan fingerprint density at radius 1 is 1.29 bits per heavy atom. The van der Waals surface area contributed by atoms with Crippen LogP contribution in [0, 0.1) is 0 Å². The third-order valence-electron chi connectivity index (χ3n) is 3.87. The molecule has 1 aromatic carbocycles. The molecule has 2 aromatic rings. The maximum Gasteiger partial charge on any atom is 0.0534 e. The van der Waals surface area contributed by atoms with Gasteiger partial charge >= 0.3 is 0 Å². The molecule has 0 spiro atoms. The van der Waals surface area contributed by atoms with Crippen LogP contribution < -0.4 is 5.32 Å². The van der Waals surface area contributed by atoms with Gasteiger partial charge in [0.25, 0.3) is 0 Å². The zero-order chi connectivity index (χ0) is 15.3. The zero-order valence-corrected chi connectivity index (χ0v) is 13.5. The number of nitrogens with zero attached hydrogens (tertiary/aromatic N) is 3. The minimum Gasteiger partial charge on any atom is -0.319 e. The second kappa shape index (κ2) is 6.87. The van der Waals surface area contributed by atoms with Crippen molar-refractivity contribution in [1.29, 1.82) is 0 Å². The van der Waals surface area contributed by atoms with E-state index in [1.807, 2.05) is 25.0 Å². The monoisotopic (exact) mass is 286 g/mol. The Labute approximate surface area is 127 Å². The molecule has 1 atom stereocenters. The van der Waals surface area contributed by atoms with E-state index in [0.717, 1.165) is 19.6 Å². The first-order valence-corrected chi connectivity index (χ1v) is 7.40. The van der Waals surface area contributed by atoms with Crippen molar-refractivity contribution in [3.05, 3.63) is 53.9 Å². The van der Waals surface area contributed by atoms with Gasteiger partial charge in [0.2, 0.25) is 0 Å². The van der Waals surface area contributed by atoms with E-state index >= 15 is 0 Å². The summed E-state index contributed by atoms with van der Waals surface area (Å²) in [4.78, 5) is 2.36. The van der Waals surface area contributed by atoms with Crippen molar-refractivity contribution in [3.63, 3.8) is 0 Å². The second-order valence-electron chi connectivity index (χ2n) is 6.15. The molecule has 1 N–H and O–H groups in total. The molecule has 0 bridgehead atoms. The van der Waals surface area contributed by atoms with Gasteiger partial charge < -0.3 is 10.2 Å². The van der Waals surface area contributed by atoms with Gasteiger partial charge in [-0.15, -0.1) is 0 Å². The number of hydrogen-bond donors (Lipinski definition) is 1. The van der Waals surface area contributed by atoms with Gasteiger partial charge in [-0.2, -0.15) is 5.10 Å². The van der Waals surface area contributed by atoms with E-state index in [4.69, 9.17) is 0 Å². The second-order valence-corrected chi connectivity index (χ2v) is 6.15. The summed E-state index contributed by atoms with van der Waals surface area (Å²) in [6.07, 6.45) is 4.02. The number of rotatable bonds is 7. The van der Waals surface area contributed by atoms with E-state index < -0.39 is 0 Å². The van der Waals surface area contributed by atoms with Gasteiger partial charge in [0, 0.05) is 43.9 Å². The first-order valence-electron chi connectivity index (χ1n) is 7.40. The minimum absolute atomic E-state index is 0.0902. The highest BCUT2D eigenvalue weighted by Crippen LogP contribution is 2.24. The van der Waals surface area contributed by atoms with E-state index in [1.54, 1.807) is 0 Å². The van der Waals surface area contributed by atoms with Crippen molar-refractivity contribution in [2.24, 2.45) is 7.05 Å². The van der Waals surface area contributed by atoms with Crippen molar-refractivity contribution in [2.75, 3.05) is 27.2 Å². The molecule has 1 heterocycles. The van der Waals surface area contributed by atoms with Crippen LogP contribution in [-0.4, -0.2) is 41.9 Å². The molecule has 0 saturated carbocycles. The molecule has 0 aliphatic heterocycles. The number of likely N-dealkylation sites (N-methyl/N-ethyl adjacent to an activating group) is 2. The van der Waals surface area contributed by atoms with Gasteiger partial charge in [-0.3, -0.25) is 4.68 Å². The fraction of sp³-hybridized carbons (Fsp3) is 0.471. The largest absolute Gasteiger partial charge is 0.319 e. The lowest BCUT2D eigenvalue weighted by atomic mass is 9.82. The third-order valence-corrected chi connectivity index (χ3v) is 3.87. The normalized spacial score (nSPS) is 14.3. The van der Waals surface area contributed by atoms with Crippen LogP contribution in [0.1, 0.15) is 18.1 Å². The van der Waals surface area contributed by atoms with Crippen LogP contribution >= 0.6 is 0 Å². The predicted molar refractivity (Wildman–Crippen MR) is 87.3 cm³/mol. The molecule has 0 radical (unpaired) electrons. The van der Waals surface area contributed by atoms with E-state index in [-0.39, 0.29) is 5.41 Å². The summed E-state index contributed by atoms with van der Waals surface area (Å²) in [5.41, 5.74) is 2.71. The van der Waals surface area contributed by atoms with Crippen molar-refractivity contribution in [2.45, 2.75) is 18.9 Å². The standard InChI is InChI=1S/C17H26N4/c1-17(13-18-2,16-8-6-5-7-9-16)14-20(3)11-15-10-19-21(4)12-15/h5-10,12,18H,11,13-14H2,1-4H3. The van der Waals surface area contributed by atoms with Crippen LogP contribution in [0.3, 0.4) is 0 Å². The van der Waals surface area contributed by atoms with Gasteiger partial charge in [0.05, 0.1) is 6.20 Å². The van der Waals surface area contributed by atoms with E-state index in [9.17, 15) is 0 Å². The molecule has 0 amide bonds. The molecule has 114 valence electrons. The highest BCUT2D eigenvalue weighted by Gasteiger charge is 2.27. The first kappa shape index (κ1) is 15.7. The molecule has 1 aromatic heterocycles. The quantitative estimate of drug-likeness (QED) is 0.845. The van der Waals surface area contributed by atoms with Crippen LogP contribution in [0.25, 0.3) is 0 Å². The fourth-order valence-electron chi connectivity index (χ4n) is 3.00. The predicted octanol–water partition coefficient (Wildman–Crippen LogP) is 2.03. The smallest absolute Gasteiger partial charge is 0.0534 e. The first-order chi connectivity index (χ1) is 10.0. The number of aromatic nitrogens is 2. The summed E-state index contributed by atoms with van der Waals surface area (Å²) in [5, 5.41) is 7.58. The Balaban J connectivity index is 2.08. The summed E-state index contributed by atoms with van der Waals surface area (Å²) >= 11 is 0. The lowest BCUT2D eigenvalue weighted by Gasteiger charge is -2.34. The molecule has 4 heteroatoms. The molecule has 1 unspecified atom stereocenters. The van der Waals surface area contributed by atoms with Gasteiger partial charge in [0.1, 0.15) is 0 Å². The molecule has 0 fully saturated rings. The summed E-state index contributed by atoms with van der Waals surface area (Å²) in [6, 6.07) is 10.7. The van der Waals surface area contributed by atoms with Gasteiger partial charge in [-0.1, -0.05) is 37.3 Å².